The zero-order valence-corrected chi connectivity index (χ0v) is 12.4. The number of carboxylic acids is 1. The van der Waals surface area contributed by atoms with E-state index in [2.05, 4.69) is 0 Å². The molecule has 1 aliphatic rings. The van der Waals surface area contributed by atoms with E-state index in [9.17, 15) is 9.59 Å². The van der Waals surface area contributed by atoms with Crippen molar-refractivity contribution in [1.29, 1.82) is 0 Å². The number of carbonyl (C=O) groups excluding carboxylic acids is 1. The molecule has 1 aromatic carbocycles. The second kappa shape index (κ2) is 7.22. The Hall–Kier alpha value is -1.88. The summed E-state index contributed by atoms with van der Waals surface area (Å²) in [6.45, 7) is 2.89. The number of hydrogen-bond donors (Lipinski definition) is 1. The van der Waals surface area contributed by atoms with Crippen molar-refractivity contribution >= 4 is 11.9 Å². The third-order valence-corrected chi connectivity index (χ3v) is 3.69. The van der Waals surface area contributed by atoms with Crippen molar-refractivity contribution in [2.45, 2.75) is 25.8 Å². The first-order chi connectivity index (χ1) is 10.0. The normalized spacial score (nSPS) is 14.7. The predicted octanol–water partition coefficient (Wildman–Crippen LogP) is 1.37. The summed E-state index contributed by atoms with van der Waals surface area (Å²) in [5.41, 5.74) is 1.88. The first-order valence-electron chi connectivity index (χ1n) is 7.30. The summed E-state index contributed by atoms with van der Waals surface area (Å²) in [7, 11) is 1.93. The number of carbonyl (C=O) groups is 2. The lowest BCUT2D eigenvalue weighted by Gasteiger charge is -2.21. The average Bonchev–Trinajstić information content (AvgIpc) is 2.94. The van der Waals surface area contributed by atoms with Crippen LogP contribution in [0.4, 0.5) is 0 Å². The lowest BCUT2D eigenvalue weighted by Crippen LogP contribution is -2.36. The predicted molar refractivity (Wildman–Crippen MR) is 79.9 cm³/mol. The highest BCUT2D eigenvalue weighted by molar-refractivity contribution is 5.78. The van der Waals surface area contributed by atoms with Gasteiger partial charge in [-0.1, -0.05) is 24.3 Å². The molecule has 1 heterocycles. The number of likely N-dealkylation sites (N-methyl/N-ethyl adjacent to an activating group) is 1. The van der Waals surface area contributed by atoms with Crippen LogP contribution >= 0.6 is 0 Å². The van der Waals surface area contributed by atoms with Gasteiger partial charge in [0.25, 0.3) is 0 Å². The maximum Gasteiger partial charge on any atom is 0.307 e. The summed E-state index contributed by atoms with van der Waals surface area (Å²) in [6, 6.07) is 7.52. The largest absolute Gasteiger partial charge is 0.481 e. The van der Waals surface area contributed by atoms with E-state index in [1.807, 2.05) is 41.1 Å². The Morgan fingerprint density at radius 1 is 1.14 bits per heavy atom. The topological polar surface area (TPSA) is 60.9 Å². The highest BCUT2D eigenvalue weighted by atomic mass is 16.4. The Balaban J connectivity index is 1.82. The number of benzene rings is 1. The molecule has 1 aliphatic heterocycles. The van der Waals surface area contributed by atoms with Crippen LogP contribution < -0.4 is 0 Å². The molecule has 114 valence electrons. The van der Waals surface area contributed by atoms with Crippen LogP contribution in [-0.4, -0.2) is 53.5 Å². The Morgan fingerprint density at radius 3 is 2.29 bits per heavy atom. The molecule has 5 nitrogen and oxygen atoms in total. The van der Waals surface area contributed by atoms with Crippen molar-refractivity contribution in [3.05, 3.63) is 35.4 Å². The second-order valence-corrected chi connectivity index (χ2v) is 5.65. The number of aliphatic carboxylic acids is 1. The minimum absolute atomic E-state index is 0.0452. The van der Waals surface area contributed by atoms with E-state index in [4.69, 9.17) is 5.11 Å². The van der Waals surface area contributed by atoms with Crippen LogP contribution in [0, 0.1) is 0 Å². The van der Waals surface area contributed by atoms with Crippen LogP contribution in [0.2, 0.25) is 0 Å². The fourth-order valence-electron chi connectivity index (χ4n) is 2.60. The van der Waals surface area contributed by atoms with E-state index in [-0.39, 0.29) is 12.3 Å². The van der Waals surface area contributed by atoms with Gasteiger partial charge >= 0.3 is 5.97 Å². The minimum atomic E-state index is -0.823. The summed E-state index contributed by atoms with van der Waals surface area (Å²) in [4.78, 5) is 26.6. The van der Waals surface area contributed by atoms with Crippen molar-refractivity contribution < 1.29 is 14.7 Å². The van der Waals surface area contributed by atoms with E-state index in [1.165, 1.54) is 0 Å². The molecular formula is C16H22N2O3. The van der Waals surface area contributed by atoms with Gasteiger partial charge in [-0.3, -0.25) is 14.5 Å². The standard InChI is InChI=1S/C16H22N2O3/c1-17(12-15(19)18-8-2-3-9-18)11-14-6-4-13(5-7-14)10-16(20)21/h4-7H,2-3,8-12H2,1H3,(H,20,21). The van der Waals surface area contributed by atoms with E-state index in [0.717, 1.165) is 37.1 Å². The van der Waals surface area contributed by atoms with Crippen LogP contribution in [-0.2, 0) is 22.6 Å². The zero-order valence-electron chi connectivity index (χ0n) is 12.4. The fourth-order valence-corrected chi connectivity index (χ4v) is 2.60. The second-order valence-electron chi connectivity index (χ2n) is 5.65. The first-order valence-corrected chi connectivity index (χ1v) is 7.30. The van der Waals surface area contributed by atoms with Crippen LogP contribution in [0.5, 0.6) is 0 Å². The summed E-state index contributed by atoms with van der Waals surface area (Å²) < 4.78 is 0. The lowest BCUT2D eigenvalue weighted by molar-refractivity contribution is -0.136. The molecule has 1 N–H and O–H groups in total. The van der Waals surface area contributed by atoms with Crippen LogP contribution in [0.15, 0.2) is 24.3 Å². The van der Waals surface area contributed by atoms with Crippen molar-refractivity contribution in [2.75, 3.05) is 26.7 Å². The van der Waals surface area contributed by atoms with Gasteiger partial charge in [0.2, 0.25) is 5.91 Å². The van der Waals surface area contributed by atoms with Crippen LogP contribution in [0.3, 0.4) is 0 Å². The maximum absolute atomic E-state index is 12.0. The Bertz CT molecular complexity index is 493. The van der Waals surface area contributed by atoms with E-state index in [0.29, 0.717) is 13.1 Å². The van der Waals surface area contributed by atoms with Crippen LogP contribution in [0.25, 0.3) is 0 Å². The number of carboxylic acid groups (broad SMARTS) is 1. The minimum Gasteiger partial charge on any atom is -0.481 e. The maximum atomic E-state index is 12.0. The highest BCUT2D eigenvalue weighted by Gasteiger charge is 2.18. The molecule has 0 saturated carbocycles. The molecule has 21 heavy (non-hydrogen) atoms. The van der Waals surface area contributed by atoms with E-state index < -0.39 is 5.97 Å². The summed E-state index contributed by atoms with van der Waals surface area (Å²) in [5.74, 6) is -0.631. The molecule has 5 heteroatoms. The van der Waals surface area contributed by atoms with Gasteiger partial charge in [0, 0.05) is 19.6 Å². The highest BCUT2D eigenvalue weighted by Crippen LogP contribution is 2.10. The van der Waals surface area contributed by atoms with Gasteiger partial charge in [0.15, 0.2) is 0 Å². The van der Waals surface area contributed by atoms with E-state index in [1.54, 1.807) is 0 Å². The molecule has 0 aliphatic carbocycles. The number of nitrogens with zero attached hydrogens (tertiary/aromatic N) is 2. The molecular weight excluding hydrogens is 268 g/mol. The fraction of sp³-hybridized carbons (Fsp3) is 0.500. The Labute approximate surface area is 125 Å². The molecule has 1 aromatic rings. The lowest BCUT2D eigenvalue weighted by atomic mass is 10.1. The smallest absolute Gasteiger partial charge is 0.307 e. The molecule has 1 amide bonds. The quantitative estimate of drug-likeness (QED) is 0.859. The number of hydrogen-bond acceptors (Lipinski definition) is 3. The van der Waals surface area contributed by atoms with E-state index >= 15 is 0 Å². The number of rotatable bonds is 6. The molecule has 2 rings (SSSR count). The zero-order chi connectivity index (χ0) is 15.2. The van der Waals surface area contributed by atoms with Gasteiger partial charge in [0.1, 0.15) is 0 Å². The summed E-state index contributed by atoms with van der Waals surface area (Å²) in [5, 5.41) is 8.73. The molecule has 0 unspecified atom stereocenters. The molecule has 0 bridgehead atoms. The van der Waals surface area contributed by atoms with Gasteiger partial charge in [-0.05, 0) is 31.0 Å². The monoisotopic (exact) mass is 290 g/mol. The Kier molecular flexibility index (Phi) is 5.33. The van der Waals surface area contributed by atoms with Crippen molar-refractivity contribution in [3.63, 3.8) is 0 Å². The average molecular weight is 290 g/mol. The van der Waals surface area contributed by atoms with Gasteiger partial charge in [-0.15, -0.1) is 0 Å². The first kappa shape index (κ1) is 15.5. The van der Waals surface area contributed by atoms with Gasteiger partial charge in [0.05, 0.1) is 13.0 Å². The Morgan fingerprint density at radius 2 is 1.71 bits per heavy atom. The number of amides is 1. The van der Waals surface area contributed by atoms with Gasteiger partial charge in [-0.25, -0.2) is 0 Å². The summed E-state index contributed by atoms with van der Waals surface area (Å²) >= 11 is 0. The molecule has 1 fully saturated rings. The molecule has 0 aromatic heterocycles. The van der Waals surface area contributed by atoms with Crippen molar-refractivity contribution in [3.8, 4) is 0 Å². The van der Waals surface area contributed by atoms with Gasteiger partial charge < -0.3 is 10.0 Å². The molecule has 1 saturated heterocycles. The molecule has 0 spiro atoms. The van der Waals surface area contributed by atoms with Crippen molar-refractivity contribution in [1.82, 2.24) is 9.80 Å². The third kappa shape index (κ3) is 4.86. The molecule has 0 atom stereocenters. The van der Waals surface area contributed by atoms with Crippen molar-refractivity contribution in [2.24, 2.45) is 0 Å². The summed E-state index contributed by atoms with van der Waals surface area (Å²) in [6.07, 6.45) is 2.27. The third-order valence-electron chi connectivity index (χ3n) is 3.69. The SMILES string of the molecule is CN(CC(=O)N1CCCC1)Cc1ccc(CC(=O)O)cc1. The van der Waals surface area contributed by atoms with Crippen LogP contribution in [0.1, 0.15) is 24.0 Å². The van der Waals surface area contributed by atoms with Gasteiger partial charge in [-0.2, -0.15) is 0 Å². The number of likely N-dealkylation sites (tertiary alicyclic amines) is 1. The molecule has 0 radical (unpaired) electrons.